The number of hydrogen-bond acceptors (Lipinski definition) is 4. The Labute approximate surface area is 154 Å². The number of benzene rings is 1. The van der Waals surface area contributed by atoms with Crippen LogP contribution in [-0.2, 0) is 6.42 Å². The first-order valence-electron chi connectivity index (χ1n) is 8.02. The van der Waals surface area contributed by atoms with Crippen molar-refractivity contribution in [2.24, 2.45) is 11.7 Å². The lowest BCUT2D eigenvalue weighted by Crippen LogP contribution is -2.30. The summed E-state index contributed by atoms with van der Waals surface area (Å²) >= 11 is 1.49. The molecule has 0 saturated heterocycles. The van der Waals surface area contributed by atoms with Gasteiger partial charge >= 0.3 is 0 Å². The average Bonchev–Trinajstić information content (AvgIpc) is 2.96. The summed E-state index contributed by atoms with van der Waals surface area (Å²) in [5.74, 6) is 0.376. The molecule has 0 spiro atoms. The Bertz CT molecular complexity index is 657. The molecule has 0 saturated carbocycles. The molecule has 132 valence electrons. The second kappa shape index (κ2) is 9.77. The lowest BCUT2D eigenvalue weighted by molar-refractivity contribution is 0.0927. The van der Waals surface area contributed by atoms with E-state index in [1.165, 1.54) is 22.5 Å². The van der Waals surface area contributed by atoms with E-state index >= 15 is 0 Å². The molecule has 2 rings (SSSR count). The lowest BCUT2D eigenvalue weighted by Gasteiger charge is -2.22. The first-order chi connectivity index (χ1) is 11.0. The summed E-state index contributed by atoms with van der Waals surface area (Å²) < 4.78 is 0. The van der Waals surface area contributed by atoms with E-state index in [-0.39, 0.29) is 24.4 Å². The van der Waals surface area contributed by atoms with Crippen LogP contribution in [-0.4, -0.2) is 17.4 Å². The van der Waals surface area contributed by atoms with Crippen LogP contribution in [0, 0.1) is 12.8 Å². The molecule has 24 heavy (non-hydrogen) atoms. The number of nitrogens with two attached hydrogens (primary N) is 1. The fraction of sp³-hybridized carbons (Fsp3) is 0.444. The van der Waals surface area contributed by atoms with E-state index in [2.05, 4.69) is 43.2 Å². The van der Waals surface area contributed by atoms with Crippen molar-refractivity contribution in [1.29, 1.82) is 0 Å². The Hall–Kier alpha value is -1.43. The number of aromatic nitrogens is 1. The molecular formula is C18H26ClN3OS. The second-order valence-electron chi connectivity index (χ2n) is 6.18. The van der Waals surface area contributed by atoms with Crippen molar-refractivity contribution in [3.05, 3.63) is 51.5 Å². The van der Waals surface area contributed by atoms with E-state index in [9.17, 15) is 4.79 Å². The molecule has 1 aromatic heterocycles. The zero-order valence-electron chi connectivity index (χ0n) is 14.4. The molecule has 6 heteroatoms. The number of aryl methyl sites for hydroxylation is 1. The molecule has 1 aromatic carbocycles. The molecule has 0 aliphatic rings. The standard InChI is InChI=1S/C18H25N3OS.ClH/c1-12(2)10-15(14-7-5-4-6-13(14)3)21-18(22)16-11-23-17(20-16)8-9-19;/h4-7,11-12,15H,8-10,19H2,1-3H3,(H,21,22);1H. The van der Waals surface area contributed by atoms with E-state index in [4.69, 9.17) is 5.73 Å². The summed E-state index contributed by atoms with van der Waals surface area (Å²) in [5, 5.41) is 5.87. The molecule has 1 unspecified atom stereocenters. The van der Waals surface area contributed by atoms with Crippen molar-refractivity contribution in [2.75, 3.05) is 6.54 Å². The minimum atomic E-state index is -0.113. The van der Waals surface area contributed by atoms with E-state index in [0.717, 1.165) is 11.4 Å². The number of amides is 1. The highest BCUT2D eigenvalue weighted by Crippen LogP contribution is 2.24. The minimum absolute atomic E-state index is 0. The van der Waals surface area contributed by atoms with Crippen LogP contribution < -0.4 is 11.1 Å². The maximum Gasteiger partial charge on any atom is 0.271 e. The third-order valence-electron chi connectivity index (χ3n) is 3.72. The Morgan fingerprint density at radius 1 is 1.33 bits per heavy atom. The Kier molecular flexibility index (Phi) is 8.39. The minimum Gasteiger partial charge on any atom is -0.344 e. The van der Waals surface area contributed by atoms with Crippen LogP contribution in [0.5, 0.6) is 0 Å². The fourth-order valence-corrected chi connectivity index (χ4v) is 3.39. The molecule has 0 aliphatic heterocycles. The Balaban J connectivity index is 0.00000288. The molecule has 1 atom stereocenters. The summed E-state index contributed by atoms with van der Waals surface area (Å²) in [7, 11) is 0. The van der Waals surface area contributed by atoms with E-state index in [1.807, 2.05) is 17.5 Å². The number of nitrogens with one attached hydrogen (secondary N) is 1. The highest BCUT2D eigenvalue weighted by atomic mass is 35.5. The third-order valence-corrected chi connectivity index (χ3v) is 4.63. The molecule has 0 aliphatic carbocycles. The summed E-state index contributed by atoms with van der Waals surface area (Å²) in [6.07, 6.45) is 1.61. The quantitative estimate of drug-likeness (QED) is 0.780. The van der Waals surface area contributed by atoms with Gasteiger partial charge in [0.25, 0.3) is 5.91 Å². The van der Waals surface area contributed by atoms with Gasteiger partial charge in [-0.2, -0.15) is 0 Å². The van der Waals surface area contributed by atoms with Gasteiger partial charge in [0, 0.05) is 11.8 Å². The van der Waals surface area contributed by atoms with E-state index in [0.29, 0.717) is 24.6 Å². The van der Waals surface area contributed by atoms with Crippen LogP contribution in [0.25, 0.3) is 0 Å². The number of carbonyl (C=O) groups excluding carboxylic acids is 1. The van der Waals surface area contributed by atoms with Gasteiger partial charge in [0.2, 0.25) is 0 Å². The third kappa shape index (κ3) is 5.58. The summed E-state index contributed by atoms with van der Waals surface area (Å²) in [6.45, 7) is 6.96. The largest absolute Gasteiger partial charge is 0.344 e. The number of rotatable bonds is 7. The van der Waals surface area contributed by atoms with Crippen molar-refractivity contribution in [2.45, 2.75) is 39.7 Å². The van der Waals surface area contributed by atoms with Crippen LogP contribution in [0.4, 0.5) is 0 Å². The first kappa shape index (κ1) is 20.6. The molecule has 1 heterocycles. The zero-order valence-corrected chi connectivity index (χ0v) is 16.0. The van der Waals surface area contributed by atoms with Gasteiger partial charge in [0.05, 0.1) is 11.0 Å². The molecule has 2 aromatic rings. The van der Waals surface area contributed by atoms with Gasteiger partial charge in [-0.3, -0.25) is 4.79 Å². The molecule has 1 amide bonds. The average molecular weight is 368 g/mol. The number of nitrogens with zero attached hydrogens (tertiary/aromatic N) is 1. The lowest BCUT2D eigenvalue weighted by atomic mass is 9.94. The second-order valence-corrected chi connectivity index (χ2v) is 7.12. The first-order valence-corrected chi connectivity index (χ1v) is 8.90. The summed E-state index contributed by atoms with van der Waals surface area (Å²) in [6, 6.07) is 8.21. The molecule has 0 radical (unpaired) electrons. The van der Waals surface area contributed by atoms with Crippen molar-refractivity contribution < 1.29 is 4.79 Å². The van der Waals surface area contributed by atoms with Crippen LogP contribution in [0.15, 0.2) is 29.6 Å². The van der Waals surface area contributed by atoms with Gasteiger partial charge in [-0.1, -0.05) is 38.1 Å². The summed E-state index contributed by atoms with van der Waals surface area (Å²) in [5.41, 5.74) is 8.40. The van der Waals surface area contributed by atoms with Gasteiger partial charge in [-0.15, -0.1) is 23.7 Å². The van der Waals surface area contributed by atoms with Crippen LogP contribution in [0.2, 0.25) is 0 Å². The Morgan fingerprint density at radius 2 is 2.04 bits per heavy atom. The van der Waals surface area contributed by atoms with Crippen molar-refractivity contribution in [3.63, 3.8) is 0 Å². The van der Waals surface area contributed by atoms with Crippen LogP contribution >= 0.6 is 23.7 Å². The van der Waals surface area contributed by atoms with Gasteiger partial charge < -0.3 is 11.1 Å². The smallest absolute Gasteiger partial charge is 0.271 e. The van der Waals surface area contributed by atoms with Gasteiger partial charge in [-0.25, -0.2) is 4.98 Å². The maximum absolute atomic E-state index is 12.5. The molecule has 0 bridgehead atoms. The van der Waals surface area contributed by atoms with Gasteiger partial charge in [0.15, 0.2) is 0 Å². The number of thiazole rings is 1. The number of halogens is 1. The highest BCUT2D eigenvalue weighted by molar-refractivity contribution is 7.09. The SMILES string of the molecule is Cc1ccccc1C(CC(C)C)NC(=O)c1csc(CCN)n1.Cl. The highest BCUT2D eigenvalue weighted by Gasteiger charge is 2.20. The van der Waals surface area contributed by atoms with Crippen molar-refractivity contribution in [3.8, 4) is 0 Å². The monoisotopic (exact) mass is 367 g/mol. The number of carbonyl (C=O) groups is 1. The topological polar surface area (TPSA) is 68.0 Å². The normalized spacial score (nSPS) is 11.9. The predicted octanol–water partition coefficient (Wildman–Crippen LogP) is 3.89. The van der Waals surface area contributed by atoms with Gasteiger partial charge in [0.1, 0.15) is 5.69 Å². The fourth-order valence-electron chi connectivity index (χ4n) is 2.60. The van der Waals surface area contributed by atoms with Crippen molar-refractivity contribution in [1.82, 2.24) is 10.3 Å². The van der Waals surface area contributed by atoms with Crippen molar-refractivity contribution >= 4 is 29.7 Å². The van der Waals surface area contributed by atoms with E-state index in [1.54, 1.807) is 0 Å². The Morgan fingerprint density at radius 3 is 2.67 bits per heavy atom. The van der Waals surface area contributed by atoms with E-state index < -0.39 is 0 Å². The zero-order chi connectivity index (χ0) is 16.8. The molecule has 3 N–H and O–H groups in total. The molecule has 0 fully saturated rings. The number of hydrogen-bond donors (Lipinski definition) is 2. The molecular weight excluding hydrogens is 342 g/mol. The predicted molar refractivity (Wildman–Crippen MR) is 103 cm³/mol. The van der Waals surface area contributed by atoms with Crippen LogP contribution in [0.1, 0.15) is 52.9 Å². The van der Waals surface area contributed by atoms with Gasteiger partial charge in [-0.05, 0) is 36.9 Å². The molecule has 4 nitrogen and oxygen atoms in total. The summed E-state index contributed by atoms with van der Waals surface area (Å²) in [4.78, 5) is 16.9. The van der Waals surface area contributed by atoms with Crippen LogP contribution in [0.3, 0.4) is 0 Å². The maximum atomic E-state index is 12.5.